The number of benzene rings is 6. The number of Topliss-reactive ketones (excluding diaryl/α,β-unsaturated/α-hetero) is 1. The van der Waals surface area contributed by atoms with Crippen LogP contribution in [0.4, 0.5) is 52.7 Å². The monoisotopic (exact) mass is 1300 g/mol. The second-order valence-electron chi connectivity index (χ2n) is 20.3. The van der Waals surface area contributed by atoms with E-state index in [2.05, 4.69) is 77.6 Å². The topological polar surface area (TPSA) is 110 Å². The summed E-state index contributed by atoms with van der Waals surface area (Å²) in [5, 5.41) is 24.1. The van der Waals surface area contributed by atoms with Crippen molar-refractivity contribution in [3.63, 3.8) is 0 Å². The molecule has 0 aromatic heterocycles. The Morgan fingerprint density at radius 3 is 1.25 bits per heavy atom. The van der Waals surface area contributed by atoms with Crippen LogP contribution in [0.25, 0.3) is 0 Å². The van der Waals surface area contributed by atoms with Crippen LogP contribution in [-0.4, -0.2) is 79.7 Å². The highest BCUT2D eigenvalue weighted by Crippen LogP contribution is 2.49. The fourth-order valence-electron chi connectivity index (χ4n) is 10.4. The third kappa shape index (κ3) is 21.9. The van der Waals surface area contributed by atoms with Crippen molar-refractivity contribution in [3.8, 4) is 0 Å². The molecule has 4 aliphatic rings. The number of aliphatic hydroxyl groups is 2. The number of hydrogen-bond acceptors (Lipinski definition) is 9. The van der Waals surface area contributed by atoms with Gasteiger partial charge in [0, 0.05) is 17.6 Å². The van der Waals surface area contributed by atoms with Crippen LogP contribution in [0.3, 0.4) is 0 Å². The molecule has 6 aromatic carbocycles. The van der Waals surface area contributed by atoms with Crippen LogP contribution in [0.15, 0.2) is 158 Å². The van der Waals surface area contributed by atoms with Crippen molar-refractivity contribution < 1.29 is 86.1 Å². The Morgan fingerprint density at radius 2 is 0.933 bits per heavy atom. The molecule has 3 N–H and O–H groups in total. The van der Waals surface area contributed by atoms with E-state index >= 15 is 0 Å². The Bertz CT molecular complexity index is 2860. The minimum absolute atomic E-state index is 0. The molecule has 4 saturated heterocycles. The van der Waals surface area contributed by atoms with Crippen LogP contribution in [0.2, 0.25) is 27.3 Å². The van der Waals surface area contributed by atoms with Crippen molar-refractivity contribution in [2.45, 2.75) is 143 Å². The summed E-state index contributed by atoms with van der Waals surface area (Å²) in [6, 6.07) is 43.7. The smallest absolute Gasteiger partial charge is 0.426 e. The van der Waals surface area contributed by atoms with Gasteiger partial charge in [-0.3, -0.25) is 4.79 Å². The van der Waals surface area contributed by atoms with Gasteiger partial charge in [0.2, 0.25) is 0 Å². The lowest BCUT2D eigenvalue weighted by molar-refractivity contribution is -0.144. The van der Waals surface area contributed by atoms with Gasteiger partial charge in [-0.05, 0) is 144 Å². The first-order valence-electron chi connectivity index (χ1n) is 27.2. The summed E-state index contributed by atoms with van der Waals surface area (Å²) in [6.45, 7) is 11.9. The number of rotatable bonds is 7. The molecule has 0 saturated carbocycles. The molecule has 0 bridgehead atoms. The summed E-state index contributed by atoms with van der Waals surface area (Å²) in [7, 11) is -0.228. The standard InChI is InChI=1S/C18H20BNO.C17H19NO.C10H8F6O.C10H6F6O.C3H9B3O3.CH2Cl2.3CH4/c1-19-20-14-8-13-17(20)18(21-19,15-9-4-2-5-10-15)16-11-6-3-7-12-16;19-17(16-12-7-13-18-16,14-8-3-1-4-9-14)15-10-5-2-6-11-15;2*1-5(17)6-2-7(9(11,12)13)4-8(3-6)10(14,15)16;1-4-7-5(2)9-6(3)8-4;2-1-3;;;/h2-7,9-12,17H,8,13-14H2,1H3;1-6,8-11,16,18-19H,7,12-13H2;2-5,17H,1H3;2-4H,1H3;1-3H3;1H2;3*1H4/t17-;16-;5-;;;;;;/m001....../s1. The zero-order valence-corrected chi connectivity index (χ0v) is 49.2. The van der Waals surface area contributed by atoms with Crippen LogP contribution < -0.4 is 5.32 Å². The lowest BCUT2D eigenvalue weighted by Gasteiger charge is -2.36. The van der Waals surface area contributed by atoms with Crippen molar-refractivity contribution in [2.24, 2.45) is 0 Å². The summed E-state index contributed by atoms with van der Waals surface area (Å²) in [5.74, 6) is -0.860. The molecule has 10 rings (SSSR count). The summed E-state index contributed by atoms with van der Waals surface area (Å²) >= 11 is 9.53. The molecule has 4 fully saturated rings. The molecule has 0 aliphatic carbocycles. The minimum Gasteiger partial charge on any atom is -0.453 e. The van der Waals surface area contributed by atoms with E-state index in [0.29, 0.717) is 30.3 Å². The Balaban J connectivity index is 0.000000378. The number of carbonyl (C=O) groups is 1. The van der Waals surface area contributed by atoms with E-state index in [-0.39, 0.29) is 79.8 Å². The van der Waals surface area contributed by atoms with E-state index in [9.17, 15) is 62.6 Å². The predicted molar refractivity (Wildman–Crippen MR) is 331 cm³/mol. The van der Waals surface area contributed by atoms with Gasteiger partial charge in [0.1, 0.15) is 11.2 Å². The van der Waals surface area contributed by atoms with Gasteiger partial charge in [-0.2, -0.15) is 52.7 Å². The van der Waals surface area contributed by atoms with E-state index in [4.69, 9.17) is 46.7 Å². The fourth-order valence-corrected chi connectivity index (χ4v) is 10.4. The second kappa shape index (κ2) is 34.9. The highest BCUT2D eigenvalue weighted by atomic mass is 35.5. The molecule has 0 unspecified atom stereocenters. The predicted octanol–water partition coefficient (Wildman–Crippen LogP) is 17.7. The highest BCUT2D eigenvalue weighted by molar-refractivity contribution is 6.72. The average molecular weight is 1300 g/mol. The summed E-state index contributed by atoms with van der Waals surface area (Å²) in [4.78, 5) is 13.4. The first-order chi connectivity index (χ1) is 40.3. The van der Waals surface area contributed by atoms with Gasteiger partial charge >= 0.3 is 53.1 Å². The number of fused-ring (bicyclic) bond motifs is 1. The zero-order valence-electron chi connectivity index (χ0n) is 47.7. The quantitative estimate of drug-likeness (QED) is 0.0623. The van der Waals surface area contributed by atoms with Crippen LogP contribution in [-0.2, 0) is 54.3 Å². The van der Waals surface area contributed by atoms with Gasteiger partial charge < -0.3 is 38.7 Å². The van der Waals surface area contributed by atoms with Crippen LogP contribution in [0, 0.1) is 0 Å². The lowest BCUT2D eigenvalue weighted by atomic mass is 9.74. The lowest BCUT2D eigenvalue weighted by Crippen LogP contribution is -2.46. The van der Waals surface area contributed by atoms with E-state index in [1.165, 1.54) is 24.0 Å². The maximum absolute atomic E-state index is 12.4. The van der Waals surface area contributed by atoms with Crippen molar-refractivity contribution in [2.75, 3.05) is 18.4 Å². The Labute approximate surface area is 526 Å². The normalized spacial score (nSPS) is 17.5. The van der Waals surface area contributed by atoms with Crippen molar-refractivity contribution in [3.05, 3.63) is 213 Å². The van der Waals surface area contributed by atoms with Crippen LogP contribution in [0.1, 0.15) is 128 Å². The molecule has 6 aromatic rings. The number of nitrogens with one attached hydrogen (secondary N) is 1. The van der Waals surface area contributed by atoms with Gasteiger partial charge in [0.25, 0.3) is 0 Å². The first kappa shape index (κ1) is 79.8. The Morgan fingerprint density at radius 1 is 0.584 bits per heavy atom. The van der Waals surface area contributed by atoms with E-state index in [1.807, 2.05) is 81.1 Å². The number of ketones is 1. The first-order valence-corrected chi connectivity index (χ1v) is 28.3. The second-order valence-corrected chi connectivity index (χ2v) is 21.1. The molecule has 0 radical (unpaired) electrons. The molecule has 4 aliphatic heterocycles. The van der Waals surface area contributed by atoms with Crippen molar-refractivity contribution >= 4 is 57.4 Å². The molecule has 486 valence electrons. The number of carbonyl (C=O) groups excluding carboxylic acids is 1. The molecule has 0 spiro atoms. The van der Waals surface area contributed by atoms with Gasteiger partial charge in [-0.15, -0.1) is 23.2 Å². The maximum Gasteiger partial charge on any atom is 0.426 e. The zero-order chi connectivity index (χ0) is 63.8. The molecular weight excluding hydrogens is 1230 g/mol. The number of halogens is 14. The molecule has 27 heteroatoms. The maximum atomic E-state index is 12.4. The van der Waals surface area contributed by atoms with Crippen molar-refractivity contribution in [1.29, 1.82) is 0 Å². The minimum atomic E-state index is -4.93. The summed E-state index contributed by atoms with van der Waals surface area (Å²) in [5.41, 5.74) is -3.67. The summed E-state index contributed by atoms with van der Waals surface area (Å²) < 4.78 is 170. The van der Waals surface area contributed by atoms with Gasteiger partial charge in [-0.25, -0.2) is 0 Å². The number of nitrogens with zero attached hydrogens (tertiary/aromatic N) is 1. The Kier molecular flexibility index (Phi) is 31.3. The number of aliphatic hydroxyl groups excluding tert-OH is 1. The summed E-state index contributed by atoms with van der Waals surface area (Å²) in [6.07, 6.45) is -16.4. The highest BCUT2D eigenvalue weighted by Gasteiger charge is 2.57. The van der Waals surface area contributed by atoms with Gasteiger partial charge in [0.05, 0.1) is 33.7 Å². The molecular formula is C62H76B4Cl2F12N2O7. The largest absolute Gasteiger partial charge is 0.453 e. The molecule has 9 nitrogen and oxygen atoms in total. The van der Waals surface area contributed by atoms with E-state index < -0.39 is 75.6 Å². The SMILES string of the molecule is C.C.C.CB1OB(C)OB(C)O1.CB1OC(c2ccccc2)(c2ccccc2)[C@@H]2CCCN12.CC(=O)c1cc(C(F)(F)F)cc(C(F)(F)F)c1.C[C@@H](O)c1cc(C(F)(F)F)cc(C(F)(F)F)c1.ClCCl.OC(c1ccccc1)(c1ccccc1)[C@@H]1CCCN1. The van der Waals surface area contributed by atoms with Crippen molar-refractivity contribution in [1.82, 2.24) is 10.1 Å². The van der Waals surface area contributed by atoms with Crippen LogP contribution >= 0.6 is 23.2 Å². The molecule has 0 amide bonds. The van der Waals surface area contributed by atoms with Gasteiger partial charge in [-0.1, -0.05) is 144 Å². The van der Waals surface area contributed by atoms with E-state index in [1.54, 1.807) is 0 Å². The molecule has 3 atom stereocenters. The fraction of sp³-hybridized carbons (Fsp3) is 0.403. The van der Waals surface area contributed by atoms with E-state index in [0.717, 1.165) is 50.9 Å². The van der Waals surface area contributed by atoms with Crippen LogP contribution in [0.5, 0.6) is 0 Å². The molecule has 89 heavy (non-hydrogen) atoms. The third-order valence-electron chi connectivity index (χ3n) is 14.2. The third-order valence-corrected chi connectivity index (χ3v) is 14.2. The van der Waals surface area contributed by atoms with Gasteiger partial charge in [0.15, 0.2) is 5.78 Å². The number of hydrogen-bond donors (Lipinski definition) is 3. The number of alkyl halides is 14. The molecule has 4 heterocycles. The Hall–Kier alpha value is -5.33. The average Bonchev–Trinajstić information content (AvgIpc) is 1.70.